The first-order chi connectivity index (χ1) is 7.50. The molecule has 0 aliphatic carbocycles. The van der Waals surface area contributed by atoms with Crippen molar-refractivity contribution >= 4 is 15.9 Å². The predicted molar refractivity (Wildman–Crippen MR) is 65.7 cm³/mol. The molecule has 0 amide bonds. The van der Waals surface area contributed by atoms with E-state index in [1.165, 1.54) is 6.07 Å². The highest BCUT2D eigenvalue weighted by molar-refractivity contribution is 9.09. The Bertz CT molecular complexity index is 342. The van der Waals surface area contributed by atoms with E-state index in [9.17, 15) is 8.78 Å². The molecule has 1 aromatic rings. The SMILES string of the molecule is CC(Br)CC(C)NCc1cccc(F)c1F. The van der Waals surface area contributed by atoms with Gasteiger partial charge < -0.3 is 5.32 Å². The summed E-state index contributed by atoms with van der Waals surface area (Å²) in [5.74, 6) is -1.55. The summed E-state index contributed by atoms with van der Waals surface area (Å²) >= 11 is 3.45. The quantitative estimate of drug-likeness (QED) is 0.817. The Morgan fingerprint density at radius 3 is 2.62 bits per heavy atom. The molecule has 0 bridgehead atoms. The van der Waals surface area contributed by atoms with Crippen LogP contribution in [-0.2, 0) is 6.54 Å². The van der Waals surface area contributed by atoms with Crippen LogP contribution in [0.15, 0.2) is 18.2 Å². The lowest BCUT2D eigenvalue weighted by Gasteiger charge is -2.15. The van der Waals surface area contributed by atoms with E-state index in [4.69, 9.17) is 0 Å². The van der Waals surface area contributed by atoms with E-state index in [-0.39, 0.29) is 6.04 Å². The second kappa shape index (κ2) is 6.30. The molecular formula is C12H16BrF2N. The van der Waals surface area contributed by atoms with Gasteiger partial charge in [0.25, 0.3) is 0 Å². The second-order valence-electron chi connectivity index (χ2n) is 4.01. The topological polar surface area (TPSA) is 12.0 Å². The fourth-order valence-electron chi connectivity index (χ4n) is 1.54. The average molecular weight is 292 g/mol. The van der Waals surface area contributed by atoms with Gasteiger partial charge in [0.15, 0.2) is 11.6 Å². The monoisotopic (exact) mass is 291 g/mol. The van der Waals surface area contributed by atoms with Gasteiger partial charge in [0.2, 0.25) is 0 Å². The lowest BCUT2D eigenvalue weighted by atomic mass is 10.1. The zero-order chi connectivity index (χ0) is 12.1. The number of benzene rings is 1. The first-order valence-corrected chi connectivity index (χ1v) is 6.22. The summed E-state index contributed by atoms with van der Waals surface area (Å²) in [4.78, 5) is 0.410. The van der Waals surface area contributed by atoms with Gasteiger partial charge in [0.1, 0.15) is 0 Å². The molecule has 2 unspecified atom stereocenters. The van der Waals surface area contributed by atoms with Crippen LogP contribution < -0.4 is 5.32 Å². The molecule has 0 heterocycles. The van der Waals surface area contributed by atoms with Crippen molar-refractivity contribution in [3.8, 4) is 0 Å². The summed E-state index contributed by atoms with van der Waals surface area (Å²) in [5.41, 5.74) is 0.370. The Morgan fingerprint density at radius 1 is 1.31 bits per heavy atom. The highest BCUT2D eigenvalue weighted by atomic mass is 79.9. The fraction of sp³-hybridized carbons (Fsp3) is 0.500. The van der Waals surface area contributed by atoms with Crippen molar-refractivity contribution in [2.75, 3.05) is 0 Å². The van der Waals surface area contributed by atoms with Crippen LogP contribution in [0.5, 0.6) is 0 Å². The van der Waals surface area contributed by atoms with Crippen LogP contribution in [0.2, 0.25) is 0 Å². The minimum Gasteiger partial charge on any atom is -0.310 e. The molecule has 0 saturated heterocycles. The molecule has 0 radical (unpaired) electrons. The van der Waals surface area contributed by atoms with Gasteiger partial charge in [-0.1, -0.05) is 35.0 Å². The zero-order valence-corrected chi connectivity index (χ0v) is 11.0. The van der Waals surface area contributed by atoms with E-state index in [1.54, 1.807) is 6.07 Å². The fourth-order valence-corrected chi connectivity index (χ4v) is 2.10. The smallest absolute Gasteiger partial charge is 0.163 e. The van der Waals surface area contributed by atoms with Crippen LogP contribution >= 0.6 is 15.9 Å². The average Bonchev–Trinajstić information content (AvgIpc) is 2.19. The standard InChI is InChI=1S/C12H16BrF2N/c1-8(13)6-9(2)16-7-10-4-3-5-11(14)12(10)15/h3-5,8-9,16H,6-7H2,1-2H3. The predicted octanol–water partition coefficient (Wildman–Crippen LogP) is 3.62. The van der Waals surface area contributed by atoms with E-state index < -0.39 is 11.6 Å². The lowest BCUT2D eigenvalue weighted by Crippen LogP contribution is -2.27. The zero-order valence-electron chi connectivity index (χ0n) is 9.43. The van der Waals surface area contributed by atoms with E-state index in [0.29, 0.717) is 16.9 Å². The van der Waals surface area contributed by atoms with Gasteiger partial charge in [0.05, 0.1) is 0 Å². The molecule has 1 N–H and O–H groups in total. The van der Waals surface area contributed by atoms with Gasteiger partial charge in [0, 0.05) is 23.0 Å². The number of hydrogen-bond acceptors (Lipinski definition) is 1. The summed E-state index contributed by atoms with van der Waals surface area (Å²) < 4.78 is 26.2. The van der Waals surface area contributed by atoms with Crippen molar-refractivity contribution in [1.29, 1.82) is 0 Å². The molecule has 0 saturated carbocycles. The summed E-state index contributed by atoms with van der Waals surface area (Å²) in [7, 11) is 0. The highest BCUT2D eigenvalue weighted by Gasteiger charge is 2.09. The van der Waals surface area contributed by atoms with Gasteiger partial charge in [-0.3, -0.25) is 0 Å². The molecule has 1 aromatic carbocycles. The number of halogens is 3. The summed E-state index contributed by atoms with van der Waals surface area (Å²) in [6.45, 7) is 4.43. The molecule has 0 aromatic heterocycles. The van der Waals surface area contributed by atoms with E-state index in [1.807, 2.05) is 6.92 Å². The van der Waals surface area contributed by atoms with Crippen molar-refractivity contribution in [3.63, 3.8) is 0 Å². The van der Waals surface area contributed by atoms with Crippen LogP contribution in [0.1, 0.15) is 25.8 Å². The molecule has 90 valence electrons. The van der Waals surface area contributed by atoms with Crippen molar-refractivity contribution in [2.24, 2.45) is 0 Å². The Morgan fingerprint density at radius 2 is 2.00 bits per heavy atom. The largest absolute Gasteiger partial charge is 0.310 e. The Labute approximate surface area is 103 Å². The third kappa shape index (κ3) is 4.18. The van der Waals surface area contributed by atoms with E-state index in [2.05, 4.69) is 28.2 Å². The van der Waals surface area contributed by atoms with Crippen LogP contribution in [-0.4, -0.2) is 10.9 Å². The van der Waals surface area contributed by atoms with Crippen LogP contribution in [0.25, 0.3) is 0 Å². The molecule has 2 atom stereocenters. The summed E-state index contributed by atoms with van der Waals surface area (Å²) in [5, 5.41) is 3.16. The van der Waals surface area contributed by atoms with Crippen LogP contribution in [0, 0.1) is 11.6 Å². The number of nitrogens with one attached hydrogen (secondary N) is 1. The van der Waals surface area contributed by atoms with E-state index >= 15 is 0 Å². The van der Waals surface area contributed by atoms with Gasteiger partial charge in [-0.05, 0) is 19.4 Å². The molecule has 0 aliphatic heterocycles. The summed E-state index contributed by atoms with van der Waals surface area (Å²) in [6, 6.07) is 4.50. The normalized spacial score (nSPS) is 14.8. The van der Waals surface area contributed by atoms with Crippen molar-refractivity contribution in [2.45, 2.75) is 37.7 Å². The second-order valence-corrected chi connectivity index (χ2v) is 5.57. The first-order valence-electron chi connectivity index (χ1n) is 5.31. The van der Waals surface area contributed by atoms with Crippen molar-refractivity contribution in [1.82, 2.24) is 5.32 Å². The third-order valence-electron chi connectivity index (χ3n) is 2.35. The third-order valence-corrected chi connectivity index (χ3v) is 2.72. The van der Waals surface area contributed by atoms with Crippen LogP contribution in [0.4, 0.5) is 8.78 Å². The maximum atomic E-state index is 13.3. The maximum Gasteiger partial charge on any atom is 0.163 e. The van der Waals surface area contributed by atoms with Gasteiger partial charge in [-0.25, -0.2) is 8.78 Å². The molecule has 1 nitrogen and oxygen atoms in total. The maximum absolute atomic E-state index is 13.3. The molecule has 0 spiro atoms. The van der Waals surface area contributed by atoms with Gasteiger partial charge >= 0.3 is 0 Å². The molecule has 4 heteroatoms. The molecule has 1 rings (SSSR count). The van der Waals surface area contributed by atoms with Crippen molar-refractivity contribution < 1.29 is 8.78 Å². The first kappa shape index (κ1) is 13.6. The Kier molecular flexibility index (Phi) is 5.35. The molecule has 0 fully saturated rings. The molecule has 16 heavy (non-hydrogen) atoms. The number of rotatable bonds is 5. The minimum atomic E-state index is -0.791. The Hall–Kier alpha value is -0.480. The minimum absolute atomic E-state index is 0.261. The summed E-state index contributed by atoms with van der Waals surface area (Å²) in [6.07, 6.45) is 0.941. The number of hydrogen-bond donors (Lipinski definition) is 1. The van der Waals surface area contributed by atoms with Crippen molar-refractivity contribution in [3.05, 3.63) is 35.4 Å². The van der Waals surface area contributed by atoms with Crippen LogP contribution in [0.3, 0.4) is 0 Å². The van der Waals surface area contributed by atoms with Gasteiger partial charge in [-0.15, -0.1) is 0 Å². The lowest BCUT2D eigenvalue weighted by molar-refractivity contribution is 0.473. The Balaban J connectivity index is 2.51. The molecule has 0 aliphatic rings. The van der Waals surface area contributed by atoms with Gasteiger partial charge in [-0.2, -0.15) is 0 Å². The highest BCUT2D eigenvalue weighted by Crippen LogP contribution is 2.12. The number of alkyl halides is 1. The van der Waals surface area contributed by atoms with E-state index in [0.717, 1.165) is 12.5 Å². The molecular weight excluding hydrogens is 276 g/mol.